The molecule has 0 unspecified atom stereocenters. The average molecular weight is 471 g/mol. The van der Waals surface area contributed by atoms with Crippen molar-refractivity contribution >= 4 is 23.3 Å². The van der Waals surface area contributed by atoms with E-state index in [9.17, 15) is 9.59 Å². The van der Waals surface area contributed by atoms with Crippen LogP contribution in [0.25, 0.3) is 10.6 Å². The number of para-hydroxylation sites is 1. The average Bonchev–Trinajstić information content (AvgIpc) is 3.29. The van der Waals surface area contributed by atoms with Gasteiger partial charge in [0.2, 0.25) is 5.91 Å². The Kier molecular flexibility index (Phi) is 8.20. The van der Waals surface area contributed by atoms with Crippen LogP contribution in [-0.4, -0.2) is 53.6 Å². The van der Waals surface area contributed by atoms with Crippen LogP contribution in [-0.2, 0) is 11.2 Å². The van der Waals surface area contributed by atoms with Crippen molar-refractivity contribution in [2.24, 2.45) is 0 Å². The number of carbonyl (C=O) groups is 2. The first-order chi connectivity index (χ1) is 16.1. The molecule has 1 saturated carbocycles. The van der Waals surface area contributed by atoms with Gasteiger partial charge in [-0.15, -0.1) is 11.3 Å². The number of rotatable bonds is 7. The van der Waals surface area contributed by atoms with Crippen LogP contribution in [0.2, 0.25) is 0 Å². The number of hydrogen-bond donors (Lipinski definition) is 2. The van der Waals surface area contributed by atoms with E-state index in [4.69, 9.17) is 9.72 Å². The Hall–Kier alpha value is -2.61. The number of carbonyl (C=O) groups excluding carboxylic acids is 2. The monoisotopic (exact) mass is 470 g/mol. The number of likely N-dealkylation sites (tertiary alicyclic amines) is 1. The largest absolute Gasteiger partial charge is 0.493 e. The highest BCUT2D eigenvalue weighted by Gasteiger charge is 2.25. The molecule has 2 aliphatic rings. The molecule has 3 amide bonds. The Labute approximate surface area is 199 Å². The second kappa shape index (κ2) is 11.5. The molecule has 2 aromatic rings. The molecule has 0 spiro atoms. The highest BCUT2D eigenvalue weighted by atomic mass is 32.1. The number of aromatic nitrogens is 1. The molecular formula is C25H34N4O3S. The van der Waals surface area contributed by atoms with Crippen molar-refractivity contribution in [3.8, 4) is 16.3 Å². The number of nitrogens with zero attached hydrogens (tertiary/aromatic N) is 2. The van der Waals surface area contributed by atoms with Crippen molar-refractivity contribution < 1.29 is 14.3 Å². The summed E-state index contributed by atoms with van der Waals surface area (Å²) in [6.45, 7) is 3.89. The zero-order chi connectivity index (χ0) is 23.0. The molecule has 2 N–H and O–H groups in total. The van der Waals surface area contributed by atoms with Crippen molar-refractivity contribution in [3.63, 3.8) is 0 Å². The van der Waals surface area contributed by atoms with Crippen LogP contribution in [0.1, 0.15) is 57.6 Å². The first-order valence-corrected chi connectivity index (χ1v) is 13.0. The molecule has 0 atom stereocenters. The van der Waals surface area contributed by atoms with Crippen LogP contribution < -0.4 is 15.4 Å². The Balaban J connectivity index is 1.24. The third-order valence-corrected chi connectivity index (χ3v) is 7.35. The molecule has 7 nitrogen and oxygen atoms in total. The lowest BCUT2D eigenvalue weighted by Crippen LogP contribution is -2.51. The van der Waals surface area contributed by atoms with Gasteiger partial charge in [-0.1, -0.05) is 31.4 Å². The number of piperidine rings is 1. The fourth-order valence-electron chi connectivity index (χ4n) is 4.64. The fourth-order valence-corrected chi connectivity index (χ4v) is 5.49. The Morgan fingerprint density at radius 3 is 2.48 bits per heavy atom. The summed E-state index contributed by atoms with van der Waals surface area (Å²) in [7, 11) is 0. The Bertz CT molecular complexity index is 933. The van der Waals surface area contributed by atoms with Crippen molar-refractivity contribution in [2.75, 3.05) is 19.7 Å². The van der Waals surface area contributed by atoms with E-state index in [0.29, 0.717) is 32.2 Å². The van der Waals surface area contributed by atoms with Crippen molar-refractivity contribution in [2.45, 2.75) is 70.4 Å². The van der Waals surface area contributed by atoms with Gasteiger partial charge in [0, 0.05) is 30.6 Å². The van der Waals surface area contributed by atoms with Gasteiger partial charge < -0.3 is 20.3 Å². The molecule has 1 aromatic carbocycles. The quantitative estimate of drug-likeness (QED) is 0.629. The van der Waals surface area contributed by atoms with E-state index in [0.717, 1.165) is 47.7 Å². The molecule has 2 heterocycles. The van der Waals surface area contributed by atoms with Gasteiger partial charge in [-0.3, -0.25) is 4.79 Å². The molecule has 1 aromatic heterocycles. The van der Waals surface area contributed by atoms with Crippen LogP contribution >= 0.6 is 11.3 Å². The number of amides is 3. The van der Waals surface area contributed by atoms with E-state index >= 15 is 0 Å². The molecule has 1 saturated heterocycles. The molecule has 2 fully saturated rings. The first-order valence-electron chi connectivity index (χ1n) is 12.1. The van der Waals surface area contributed by atoms with Gasteiger partial charge >= 0.3 is 6.03 Å². The Morgan fingerprint density at radius 2 is 1.76 bits per heavy atom. The predicted octanol–water partition coefficient (Wildman–Crippen LogP) is 4.37. The van der Waals surface area contributed by atoms with Gasteiger partial charge in [-0.25, -0.2) is 9.78 Å². The number of nitrogens with one attached hydrogen (secondary N) is 2. The lowest BCUT2D eigenvalue weighted by atomic mass is 9.96. The summed E-state index contributed by atoms with van der Waals surface area (Å²) in [5.74, 6) is 0.907. The molecule has 1 aliphatic heterocycles. The summed E-state index contributed by atoms with van der Waals surface area (Å²) in [4.78, 5) is 31.7. The van der Waals surface area contributed by atoms with Crippen molar-refractivity contribution in [1.82, 2.24) is 20.5 Å². The minimum atomic E-state index is -0.0611. The van der Waals surface area contributed by atoms with Gasteiger partial charge in [0.1, 0.15) is 10.8 Å². The predicted molar refractivity (Wildman–Crippen MR) is 131 cm³/mol. The molecule has 33 heavy (non-hydrogen) atoms. The maximum Gasteiger partial charge on any atom is 0.315 e. The normalized spacial score (nSPS) is 17.5. The molecule has 4 rings (SSSR count). The number of thiazole rings is 1. The summed E-state index contributed by atoms with van der Waals surface area (Å²) in [6.07, 6.45) is 7.70. The third-order valence-electron chi connectivity index (χ3n) is 6.42. The summed E-state index contributed by atoms with van der Waals surface area (Å²) in [6, 6.07) is 8.23. The number of ether oxygens (including phenoxy) is 1. The zero-order valence-electron chi connectivity index (χ0n) is 19.3. The minimum absolute atomic E-state index is 0.0611. The fraction of sp³-hybridized carbons (Fsp3) is 0.560. The molecule has 1 aliphatic carbocycles. The van der Waals surface area contributed by atoms with E-state index in [1.807, 2.05) is 41.5 Å². The van der Waals surface area contributed by atoms with Crippen molar-refractivity contribution in [3.05, 3.63) is 35.3 Å². The standard InChI is InChI=1S/C25H34N4O3S/c1-2-32-22-11-7-6-10-21(22)24-26-20(17-33-24)16-23(30)29-14-12-19(13-15-29)28-25(31)27-18-8-4-3-5-9-18/h6-7,10-11,17-19H,2-5,8-9,12-16H2,1H3,(H2,27,28,31). The van der Waals surface area contributed by atoms with Crippen LogP contribution in [0.5, 0.6) is 5.75 Å². The number of urea groups is 1. The summed E-state index contributed by atoms with van der Waals surface area (Å²) < 4.78 is 5.71. The van der Waals surface area contributed by atoms with E-state index in [1.54, 1.807) is 0 Å². The smallest absolute Gasteiger partial charge is 0.315 e. The van der Waals surface area contributed by atoms with Gasteiger partial charge in [0.25, 0.3) is 0 Å². The number of benzene rings is 1. The molecule has 0 radical (unpaired) electrons. The molecule has 0 bridgehead atoms. The highest BCUT2D eigenvalue weighted by molar-refractivity contribution is 7.13. The van der Waals surface area contributed by atoms with Gasteiger partial charge in [-0.05, 0) is 44.7 Å². The topological polar surface area (TPSA) is 83.6 Å². The number of hydrogen-bond acceptors (Lipinski definition) is 5. The third kappa shape index (κ3) is 6.47. The SMILES string of the molecule is CCOc1ccccc1-c1nc(CC(=O)N2CCC(NC(=O)NC3CCCCC3)CC2)cs1. The van der Waals surface area contributed by atoms with E-state index in [-0.39, 0.29) is 18.0 Å². The minimum Gasteiger partial charge on any atom is -0.493 e. The van der Waals surface area contributed by atoms with Gasteiger partial charge in [0.05, 0.1) is 24.3 Å². The molecule has 8 heteroatoms. The zero-order valence-corrected chi connectivity index (χ0v) is 20.2. The summed E-state index contributed by atoms with van der Waals surface area (Å²) >= 11 is 1.54. The second-order valence-electron chi connectivity index (χ2n) is 8.86. The summed E-state index contributed by atoms with van der Waals surface area (Å²) in [5, 5.41) is 9.04. The van der Waals surface area contributed by atoms with Crippen LogP contribution in [0.3, 0.4) is 0 Å². The van der Waals surface area contributed by atoms with Crippen LogP contribution in [0.4, 0.5) is 4.79 Å². The van der Waals surface area contributed by atoms with E-state index < -0.39 is 0 Å². The lowest BCUT2D eigenvalue weighted by Gasteiger charge is -2.33. The maximum absolute atomic E-state index is 12.8. The summed E-state index contributed by atoms with van der Waals surface area (Å²) in [5.41, 5.74) is 1.75. The molecule has 178 valence electrons. The van der Waals surface area contributed by atoms with Crippen LogP contribution in [0.15, 0.2) is 29.6 Å². The van der Waals surface area contributed by atoms with E-state index in [2.05, 4.69) is 10.6 Å². The molecular weight excluding hydrogens is 436 g/mol. The van der Waals surface area contributed by atoms with Gasteiger partial charge in [-0.2, -0.15) is 0 Å². The van der Waals surface area contributed by atoms with Gasteiger partial charge in [0.15, 0.2) is 0 Å². The van der Waals surface area contributed by atoms with Crippen LogP contribution in [0, 0.1) is 0 Å². The highest BCUT2D eigenvalue weighted by Crippen LogP contribution is 2.32. The van der Waals surface area contributed by atoms with Crippen molar-refractivity contribution in [1.29, 1.82) is 0 Å². The Morgan fingerprint density at radius 1 is 1.06 bits per heavy atom. The second-order valence-corrected chi connectivity index (χ2v) is 9.72. The maximum atomic E-state index is 12.8. The first kappa shape index (κ1) is 23.5. The van der Waals surface area contributed by atoms with E-state index in [1.165, 1.54) is 30.6 Å². The lowest BCUT2D eigenvalue weighted by molar-refractivity contribution is -0.131.